The van der Waals surface area contributed by atoms with Crippen molar-refractivity contribution in [3.63, 3.8) is 0 Å². The quantitative estimate of drug-likeness (QED) is 0.481. The Hall–Kier alpha value is -0.900. The van der Waals surface area contributed by atoms with E-state index in [2.05, 4.69) is 20.9 Å². The van der Waals surface area contributed by atoms with Gasteiger partial charge < -0.3 is 4.74 Å². The minimum Gasteiger partial charge on any atom is -0.462 e. The molecule has 1 heterocycles. The lowest BCUT2D eigenvalue weighted by molar-refractivity contribution is 0.0427. The number of halogens is 1. The zero-order valence-corrected chi connectivity index (χ0v) is 12.0. The van der Waals surface area contributed by atoms with E-state index in [-0.39, 0.29) is 5.97 Å². The fourth-order valence-corrected chi connectivity index (χ4v) is 2.70. The van der Waals surface area contributed by atoms with Crippen LogP contribution in [0.15, 0.2) is 22.9 Å². The molecule has 1 aromatic rings. The van der Waals surface area contributed by atoms with Crippen molar-refractivity contribution in [1.29, 1.82) is 0 Å². The lowest BCUT2D eigenvalue weighted by Crippen LogP contribution is -2.14. The molecule has 0 spiro atoms. The summed E-state index contributed by atoms with van der Waals surface area (Å²) in [6.07, 6.45) is 9.16. The maximum Gasteiger partial charge on any atom is 0.338 e. The van der Waals surface area contributed by atoms with Crippen molar-refractivity contribution in [1.82, 2.24) is 4.98 Å². The highest BCUT2D eigenvalue weighted by Crippen LogP contribution is 2.23. The number of nitrogens with zero attached hydrogens (tertiary/aromatic N) is 1. The average Bonchev–Trinajstić information content (AvgIpc) is 2.64. The molecule has 1 fully saturated rings. The lowest BCUT2D eigenvalue weighted by atomic mass is 10.0. The van der Waals surface area contributed by atoms with Gasteiger partial charge in [0.05, 0.1) is 12.2 Å². The molecule has 1 saturated carbocycles. The van der Waals surface area contributed by atoms with Gasteiger partial charge in [0.2, 0.25) is 0 Å². The summed E-state index contributed by atoms with van der Waals surface area (Å²) in [5, 5.41) is 0. The molecular weight excluding hydrogens is 294 g/mol. The maximum atomic E-state index is 11.9. The minimum atomic E-state index is -0.248. The zero-order chi connectivity index (χ0) is 12.8. The molecule has 0 saturated heterocycles. The first-order valence-corrected chi connectivity index (χ1v) is 7.33. The van der Waals surface area contributed by atoms with Crippen LogP contribution >= 0.6 is 15.9 Å². The third kappa shape index (κ3) is 4.09. The standard InChI is InChI=1S/C14H18BrNO2/c15-13-9-12(7-8-16-13)14(17)18-10-11-5-3-1-2-4-6-11/h7-9,11H,1-6,10H2. The number of hydrogen-bond acceptors (Lipinski definition) is 3. The van der Waals surface area contributed by atoms with Crippen LogP contribution in [-0.2, 0) is 4.74 Å². The molecule has 98 valence electrons. The third-order valence-corrected chi connectivity index (χ3v) is 3.82. The second-order valence-corrected chi connectivity index (χ2v) is 5.64. The fraction of sp³-hybridized carbons (Fsp3) is 0.571. The molecule has 0 amide bonds. The Morgan fingerprint density at radius 3 is 2.72 bits per heavy atom. The molecule has 0 aliphatic heterocycles. The van der Waals surface area contributed by atoms with Crippen LogP contribution < -0.4 is 0 Å². The molecule has 4 heteroatoms. The molecule has 18 heavy (non-hydrogen) atoms. The van der Waals surface area contributed by atoms with Crippen molar-refractivity contribution >= 4 is 21.9 Å². The van der Waals surface area contributed by atoms with Gasteiger partial charge in [-0.3, -0.25) is 0 Å². The van der Waals surface area contributed by atoms with Gasteiger partial charge in [0.15, 0.2) is 0 Å². The fourth-order valence-electron chi connectivity index (χ4n) is 2.34. The van der Waals surface area contributed by atoms with Gasteiger partial charge in [-0.15, -0.1) is 0 Å². The van der Waals surface area contributed by atoms with Gasteiger partial charge in [-0.1, -0.05) is 25.7 Å². The molecule has 0 N–H and O–H groups in total. The van der Waals surface area contributed by atoms with E-state index in [4.69, 9.17) is 4.74 Å². The van der Waals surface area contributed by atoms with E-state index in [0.717, 1.165) is 0 Å². The van der Waals surface area contributed by atoms with Gasteiger partial charge in [-0.05, 0) is 46.8 Å². The van der Waals surface area contributed by atoms with E-state index in [0.29, 0.717) is 22.7 Å². The van der Waals surface area contributed by atoms with Gasteiger partial charge in [-0.2, -0.15) is 0 Å². The number of pyridine rings is 1. The minimum absolute atomic E-state index is 0.248. The monoisotopic (exact) mass is 311 g/mol. The van der Waals surface area contributed by atoms with Crippen molar-refractivity contribution in [2.45, 2.75) is 38.5 Å². The van der Waals surface area contributed by atoms with Gasteiger partial charge in [0.25, 0.3) is 0 Å². The third-order valence-electron chi connectivity index (χ3n) is 3.39. The Bertz CT molecular complexity index is 401. The summed E-state index contributed by atoms with van der Waals surface area (Å²) in [4.78, 5) is 15.8. The number of carbonyl (C=O) groups is 1. The largest absolute Gasteiger partial charge is 0.462 e. The molecule has 2 rings (SSSR count). The van der Waals surface area contributed by atoms with Crippen LogP contribution in [0.5, 0.6) is 0 Å². The average molecular weight is 312 g/mol. The molecule has 1 aliphatic rings. The second-order valence-electron chi connectivity index (χ2n) is 4.82. The van der Waals surface area contributed by atoms with E-state index < -0.39 is 0 Å². The first kappa shape index (κ1) is 13.5. The summed E-state index contributed by atoms with van der Waals surface area (Å²) < 4.78 is 6.05. The Balaban J connectivity index is 1.84. The van der Waals surface area contributed by atoms with E-state index >= 15 is 0 Å². The number of ether oxygens (including phenoxy) is 1. The Morgan fingerprint density at radius 1 is 1.33 bits per heavy atom. The van der Waals surface area contributed by atoms with Crippen LogP contribution in [0, 0.1) is 5.92 Å². The van der Waals surface area contributed by atoms with Crippen LogP contribution in [0.2, 0.25) is 0 Å². The number of esters is 1. The molecule has 0 aromatic carbocycles. The maximum absolute atomic E-state index is 11.9. The molecule has 3 nitrogen and oxygen atoms in total. The smallest absolute Gasteiger partial charge is 0.338 e. The van der Waals surface area contributed by atoms with Crippen molar-refractivity contribution in [3.05, 3.63) is 28.5 Å². The number of carbonyl (C=O) groups excluding carboxylic acids is 1. The Kier molecular flexibility index (Phi) is 5.17. The highest BCUT2D eigenvalue weighted by Gasteiger charge is 2.15. The molecular formula is C14H18BrNO2. The van der Waals surface area contributed by atoms with Crippen LogP contribution in [0.4, 0.5) is 0 Å². The van der Waals surface area contributed by atoms with E-state index in [9.17, 15) is 4.79 Å². The van der Waals surface area contributed by atoms with Crippen molar-refractivity contribution < 1.29 is 9.53 Å². The van der Waals surface area contributed by atoms with Gasteiger partial charge in [0.1, 0.15) is 4.60 Å². The summed E-state index contributed by atoms with van der Waals surface area (Å²) in [5.41, 5.74) is 0.561. The molecule has 0 atom stereocenters. The predicted octanol–water partition coefficient (Wildman–Crippen LogP) is 3.97. The number of hydrogen-bond donors (Lipinski definition) is 0. The van der Waals surface area contributed by atoms with Crippen LogP contribution in [0.25, 0.3) is 0 Å². The van der Waals surface area contributed by atoms with E-state index in [1.165, 1.54) is 38.5 Å². The molecule has 1 aliphatic carbocycles. The zero-order valence-electron chi connectivity index (χ0n) is 10.4. The predicted molar refractivity (Wildman–Crippen MR) is 73.4 cm³/mol. The number of aromatic nitrogens is 1. The summed E-state index contributed by atoms with van der Waals surface area (Å²) in [6.45, 7) is 0.554. The van der Waals surface area contributed by atoms with E-state index in [1.54, 1.807) is 18.3 Å². The molecule has 0 radical (unpaired) electrons. The highest BCUT2D eigenvalue weighted by molar-refractivity contribution is 9.10. The van der Waals surface area contributed by atoms with Gasteiger partial charge >= 0.3 is 5.97 Å². The Labute approximate surface area is 116 Å². The highest BCUT2D eigenvalue weighted by atomic mass is 79.9. The van der Waals surface area contributed by atoms with Crippen molar-refractivity contribution in [2.24, 2.45) is 5.92 Å². The van der Waals surface area contributed by atoms with E-state index in [1.807, 2.05) is 0 Å². The van der Waals surface area contributed by atoms with Crippen molar-refractivity contribution in [3.8, 4) is 0 Å². The van der Waals surface area contributed by atoms with Gasteiger partial charge in [-0.25, -0.2) is 9.78 Å². The molecule has 1 aromatic heterocycles. The second kappa shape index (κ2) is 6.88. The first-order valence-electron chi connectivity index (χ1n) is 6.54. The van der Waals surface area contributed by atoms with Crippen LogP contribution in [0.3, 0.4) is 0 Å². The first-order chi connectivity index (χ1) is 8.75. The normalized spacial score (nSPS) is 17.2. The molecule has 0 bridgehead atoms. The Morgan fingerprint density at radius 2 is 2.06 bits per heavy atom. The number of rotatable bonds is 3. The lowest BCUT2D eigenvalue weighted by Gasteiger charge is -2.14. The van der Waals surface area contributed by atoms with Crippen LogP contribution in [0.1, 0.15) is 48.9 Å². The van der Waals surface area contributed by atoms with Gasteiger partial charge in [0, 0.05) is 6.20 Å². The SMILES string of the molecule is O=C(OCC1CCCCCC1)c1ccnc(Br)c1. The topological polar surface area (TPSA) is 39.2 Å². The summed E-state index contributed by atoms with van der Waals surface area (Å²) in [7, 11) is 0. The summed E-state index contributed by atoms with van der Waals surface area (Å²) in [6, 6.07) is 3.37. The molecule has 0 unspecified atom stereocenters. The summed E-state index contributed by atoms with van der Waals surface area (Å²) in [5.74, 6) is 0.295. The summed E-state index contributed by atoms with van der Waals surface area (Å²) >= 11 is 3.25. The van der Waals surface area contributed by atoms with Crippen LogP contribution in [-0.4, -0.2) is 17.6 Å². The van der Waals surface area contributed by atoms with Crippen molar-refractivity contribution in [2.75, 3.05) is 6.61 Å².